The molecule has 3 aromatic rings. The molecule has 24 heavy (non-hydrogen) atoms. The normalized spacial score (nSPS) is 12.5. The highest BCUT2D eigenvalue weighted by Gasteiger charge is 2.21. The van der Waals surface area contributed by atoms with Crippen LogP contribution >= 0.6 is 0 Å². The summed E-state index contributed by atoms with van der Waals surface area (Å²) in [5, 5.41) is 7.41. The van der Waals surface area contributed by atoms with Crippen LogP contribution in [-0.2, 0) is 12.8 Å². The van der Waals surface area contributed by atoms with Gasteiger partial charge in [-0.15, -0.1) is 0 Å². The van der Waals surface area contributed by atoms with Crippen LogP contribution in [0.5, 0.6) is 0 Å². The smallest absolute Gasteiger partial charge is 0.172 e. The van der Waals surface area contributed by atoms with Gasteiger partial charge in [0.1, 0.15) is 11.6 Å². The van der Waals surface area contributed by atoms with E-state index in [4.69, 9.17) is 0 Å². The maximum absolute atomic E-state index is 13.2. The summed E-state index contributed by atoms with van der Waals surface area (Å²) < 4.78 is 13.2. The predicted octanol–water partition coefficient (Wildman–Crippen LogP) is 3.38. The average Bonchev–Trinajstić information content (AvgIpc) is 3.04. The molecule has 0 bridgehead atoms. The monoisotopic (exact) mass is 324 g/mol. The van der Waals surface area contributed by atoms with Gasteiger partial charge in [-0.25, -0.2) is 9.37 Å². The lowest BCUT2D eigenvalue weighted by atomic mass is 10.1. The Kier molecular flexibility index (Phi) is 5.01. The van der Waals surface area contributed by atoms with E-state index < -0.39 is 0 Å². The Morgan fingerprint density at radius 1 is 1.00 bits per heavy atom. The van der Waals surface area contributed by atoms with E-state index in [0.29, 0.717) is 5.82 Å². The molecule has 0 spiro atoms. The summed E-state index contributed by atoms with van der Waals surface area (Å²) in [6, 6.07) is 16.7. The standard InChI is InChI=1S/C19H21FN4/c1-24(2)18(15-9-11-16(20)12-10-15)19-21-17(22-23-19)13-8-14-6-4-3-5-7-14/h3-7,9-12,18H,8,13H2,1-2H3,(H,21,22,23)/t18-/m0/s1. The molecule has 0 saturated carbocycles. The molecule has 0 unspecified atom stereocenters. The minimum absolute atomic E-state index is 0.104. The van der Waals surface area contributed by atoms with Crippen molar-refractivity contribution >= 4 is 0 Å². The van der Waals surface area contributed by atoms with Crippen molar-refractivity contribution in [2.75, 3.05) is 14.1 Å². The average molecular weight is 324 g/mol. The fourth-order valence-corrected chi connectivity index (χ4v) is 2.77. The van der Waals surface area contributed by atoms with E-state index in [0.717, 1.165) is 24.2 Å². The van der Waals surface area contributed by atoms with Crippen LogP contribution in [0.4, 0.5) is 4.39 Å². The van der Waals surface area contributed by atoms with Crippen LogP contribution in [0, 0.1) is 5.82 Å². The summed E-state index contributed by atoms with van der Waals surface area (Å²) in [6.45, 7) is 0. The number of rotatable bonds is 6. The lowest BCUT2D eigenvalue weighted by Crippen LogP contribution is -2.22. The van der Waals surface area contributed by atoms with Gasteiger partial charge in [0.2, 0.25) is 0 Å². The third kappa shape index (κ3) is 3.86. The molecule has 1 heterocycles. The van der Waals surface area contributed by atoms with Crippen LogP contribution < -0.4 is 0 Å². The molecule has 1 N–H and O–H groups in total. The number of aromatic nitrogens is 3. The van der Waals surface area contributed by atoms with E-state index in [1.165, 1.54) is 17.7 Å². The fourth-order valence-electron chi connectivity index (χ4n) is 2.77. The zero-order valence-electron chi connectivity index (χ0n) is 13.9. The first-order valence-corrected chi connectivity index (χ1v) is 8.00. The highest BCUT2D eigenvalue weighted by Crippen LogP contribution is 2.24. The topological polar surface area (TPSA) is 44.8 Å². The van der Waals surface area contributed by atoms with Gasteiger partial charge in [0.25, 0.3) is 0 Å². The first-order valence-electron chi connectivity index (χ1n) is 8.00. The minimum Gasteiger partial charge on any atom is -0.296 e. The van der Waals surface area contributed by atoms with Crippen LogP contribution in [0.15, 0.2) is 54.6 Å². The van der Waals surface area contributed by atoms with Crippen molar-refractivity contribution in [3.63, 3.8) is 0 Å². The van der Waals surface area contributed by atoms with Crippen molar-refractivity contribution in [2.45, 2.75) is 18.9 Å². The summed E-state index contributed by atoms with van der Waals surface area (Å²) in [7, 11) is 3.93. The number of hydrogen-bond acceptors (Lipinski definition) is 3. The molecule has 3 rings (SSSR count). The predicted molar refractivity (Wildman–Crippen MR) is 92.2 cm³/mol. The third-order valence-electron chi connectivity index (χ3n) is 3.99. The molecule has 2 aromatic carbocycles. The van der Waals surface area contributed by atoms with Gasteiger partial charge < -0.3 is 0 Å². The van der Waals surface area contributed by atoms with Crippen LogP contribution in [0.2, 0.25) is 0 Å². The maximum Gasteiger partial charge on any atom is 0.172 e. The number of nitrogens with zero attached hydrogens (tertiary/aromatic N) is 3. The Labute approximate surface area is 141 Å². The van der Waals surface area contributed by atoms with E-state index in [-0.39, 0.29) is 11.9 Å². The number of H-pyrrole nitrogens is 1. The first-order chi connectivity index (χ1) is 11.6. The SMILES string of the molecule is CN(C)[C@@H](c1ccc(F)cc1)c1n[nH]c(CCc2ccccc2)n1. The van der Waals surface area contributed by atoms with Crippen molar-refractivity contribution in [2.24, 2.45) is 0 Å². The van der Waals surface area contributed by atoms with Crippen molar-refractivity contribution in [1.82, 2.24) is 20.1 Å². The number of nitrogens with one attached hydrogen (secondary N) is 1. The molecule has 0 aliphatic rings. The summed E-state index contributed by atoms with van der Waals surface area (Å²) >= 11 is 0. The quantitative estimate of drug-likeness (QED) is 0.756. The largest absolute Gasteiger partial charge is 0.296 e. The van der Waals surface area contributed by atoms with Gasteiger partial charge in [-0.2, -0.15) is 5.10 Å². The minimum atomic E-state index is -0.241. The molecule has 4 nitrogen and oxygen atoms in total. The summed E-state index contributed by atoms with van der Waals surface area (Å²) in [4.78, 5) is 6.67. The molecule has 124 valence electrons. The number of aryl methyl sites for hydroxylation is 2. The Morgan fingerprint density at radius 2 is 1.71 bits per heavy atom. The van der Waals surface area contributed by atoms with Gasteiger partial charge in [-0.1, -0.05) is 42.5 Å². The van der Waals surface area contributed by atoms with Crippen molar-refractivity contribution < 1.29 is 4.39 Å². The van der Waals surface area contributed by atoms with Crippen LogP contribution in [0.1, 0.15) is 28.8 Å². The van der Waals surface area contributed by atoms with Crippen molar-refractivity contribution in [1.29, 1.82) is 0 Å². The van der Waals surface area contributed by atoms with Gasteiger partial charge in [-0.05, 0) is 43.8 Å². The first kappa shape index (κ1) is 16.3. The second-order valence-corrected chi connectivity index (χ2v) is 6.04. The molecule has 0 aliphatic carbocycles. The Bertz CT molecular complexity index is 766. The highest BCUT2D eigenvalue weighted by molar-refractivity contribution is 5.25. The lowest BCUT2D eigenvalue weighted by Gasteiger charge is -2.21. The van der Waals surface area contributed by atoms with Gasteiger partial charge in [-0.3, -0.25) is 10.00 Å². The second-order valence-electron chi connectivity index (χ2n) is 6.04. The molecule has 1 aromatic heterocycles. The molecular formula is C19H21FN4. The Balaban J connectivity index is 1.75. The molecule has 0 radical (unpaired) electrons. The lowest BCUT2D eigenvalue weighted by molar-refractivity contribution is 0.330. The Hall–Kier alpha value is -2.53. The highest BCUT2D eigenvalue weighted by atomic mass is 19.1. The van der Waals surface area contributed by atoms with E-state index in [2.05, 4.69) is 27.3 Å². The van der Waals surface area contributed by atoms with Gasteiger partial charge in [0, 0.05) is 6.42 Å². The molecule has 0 fully saturated rings. The van der Waals surface area contributed by atoms with E-state index in [1.54, 1.807) is 12.1 Å². The molecule has 0 aliphatic heterocycles. The summed E-state index contributed by atoms with van der Waals surface area (Å²) in [5.41, 5.74) is 2.24. The number of aromatic amines is 1. The number of halogens is 1. The van der Waals surface area contributed by atoms with Crippen molar-refractivity contribution in [3.8, 4) is 0 Å². The maximum atomic E-state index is 13.2. The Morgan fingerprint density at radius 3 is 2.38 bits per heavy atom. The summed E-state index contributed by atoms with van der Waals surface area (Å²) in [6.07, 6.45) is 1.72. The van der Waals surface area contributed by atoms with Crippen LogP contribution in [-0.4, -0.2) is 34.2 Å². The van der Waals surface area contributed by atoms with Crippen LogP contribution in [0.25, 0.3) is 0 Å². The molecule has 0 amide bonds. The number of hydrogen-bond donors (Lipinski definition) is 1. The van der Waals surface area contributed by atoms with E-state index in [1.807, 2.05) is 37.2 Å². The molecule has 5 heteroatoms. The second kappa shape index (κ2) is 7.36. The zero-order chi connectivity index (χ0) is 16.9. The third-order valence-corrected chi connectivity index (χ3v) is 3.99. The van der Waals surface area contributed by atoms with E-state index >= 15 is 0 Å². The zero-order valence-corrected chi connectivity index (χ0v) is 13.9. The molecule has 1 atom stereocenters. The van der Waals surface area contributed by atoms with Gasteiger partial charge in [0.15, 0.2) is 5.82 Å². The molecular weight excluding hydrogens is 303 g/mol. The fraction of sp³-hybridized carbons (Fsp3) is 0.263. The van der Waals surface area contributed by atoms with Gasteiger partial charge in [0.05, 0.1) is 6.04 Å². The van der Waals surface area contributed by atoms with Crippen molar-refractivity contribution in [3.05, 3.63) is 83.2 Å². The van der Waals surface area contributed by atoms with Gasteiger partial charge >= 0.3 is 0 Å². The number of benzene rings is 2. The summed E-state index contributed by atoms with van der Waals surface area (Å²) in [5.74, 6) is 1.33. The van der Waals surface area contributed by atoms with Crippen LogP contribution in [0.3, 0.4) is 0 Å². The molecule has 0 saturated heterocycles. The van der Waals surface area contributed by atoms with E-state index in [9.17, 15) is 4.39 Å².